The number of rotatable bonds is 12. The Morgan fingerprint density at radius 2 is 1.82 bits per heavy atom. The lowest BCUT2D eigenvalue weighted by Gasteiger charge is -2.35. The molecule has 0 unspecified atom stereocenters. The zero-order chi connectivity index (χ0) is 45.6. The lowest BCUT2D eigenvalue weighted by Crippen LogP contribution is -2.60. The molecular weight excluding hydrogens is 834 g/mol. The number of pyridine rings is 1. The van der Waals surface area contributed by atoms with Gasteiger partial charge in [0, 0.05) is 38.2 Å². The molecular formula is C43H59F3N6O9S. The molecule has 3 N–H and O–H groups in total. The van der Waals surface area contributed by atoms with E-state index in [-0.39, 0.29) is 44.0 Å². The standard InChI is InChI=1S/C43H59F3N6O9S/c1-9-51(7)33-20-27-19-29(59-8)14-15-31(27)36(47-33)60-30-21-32-35(53)49-43(38(55)50-62(57,58)42(24-44)16-17-42)22-28(43)13-11-10-12-25(2)18-26(3)34(37(54)52(32)23-30)48-39(56)61-40(4,5)41(6,45)46/h11,13-15,19-20,25-26,28,30,32,34H,9-10,12,16-18,21-24H2,1-8H3,(H,48,56)(H,49,53)(H,50,55)/b13-11-/t25-,26-,28-,30-,32+,34+,43-/m1/s1. The Hall–Kier alpha value is -4.81. The average Bonchev–Trinajstić information content (AvgIpc) is 4.11. The summed E-state index contributed by atoms with van der Waals surface area (Å²) in [6, 6.07) is 4.52. The number of fused-ring (bicyclic) bond motifs is 3. The summed E-state index contributed by atoms with van der Waals surface area (Å²) in [5, 5.41) is 6.69. The van der Waals surface area contributed by atoms with Crippen LogP contribution in [0.5, 0.6) is 11.6 Å². The molecule has 3 heterocycles. The number of alkyl halides is 3. The molecule has 0 spiro atoms. The molecule has 7 atom stereocenters. The van der Waals surface area contributed by atoms with Crippen molar-refractivity contribution in [2.75, 3.05) is 38.8 Å². The van der Waals surface area contributed by atoms with Gasteiger partial charge in [-0.15, -0.1) is 0 Å². The highest BCUT2D eigenvalue weighted by Gasteiger charge is 2.64. The van der Waals surface area contributed by atoms with Gasteiger partial charge in [0.25, 0.3) is 11.8 Å². The summed E-state index contributed by atoms with van der Waals surface area (Å²) >= 11 is 0. The molecule has 6 rings (SSSR count). The van der Waals surface area contributed by atoms with Gasteiger partial charge < -0.3 is 34.6 Å². The number of benzene rings is 1. The van der Waals surface area contributed by atoms with E-state index in [1.54, 1.807) is 32.2 Å². The minimum atomic E-state index is -4.45. The Balaban J connectivity index is 1.39. The van der Waals surface area contributed by atoms with Crippen LogP contribution in [-0.2, 0) is 29.1 Å². The summed E-state index contributed by atoms with van der Waals surface area (Å²) in [5.74, 6) is -5.83. The minimum absolute atomic E-state index is 0.0196. The smallest absolute Gasteiger partial charge is 0.408 e. The number of allylic oxidation sites excluding steroid dienone is 1. The second kappa shape index (κ2) is 17.4. The van der Waals surface area contributed by atoms with Crippen molar-refractivity contribution in [1.29, 1.82) is 0 Å². The van der Waals surface area contributed by atoms with Crippen molar-refractivity contribution in [1.82, 2.24) is 25.2 Å². The number of anilines is 1. The van der Waals surface area contributed by atoms with E-state index in [0.29, 0.717) is 49.7 Å². The molecule has 4 aliphatic rings. The molecule has 0 bridgehead atoms. The van der Waals surface area contributed by atoms with Crippen LogP contribution in [0.3, 0.4) is 0 Å². The number of nitrogens with one attached hydrogen (secondary N) is 3. The number of methoxy groups -OCH3 is 1. The Bertz CT molecular complexity index is 2200. The van der Waals surface area contributed by atoms with Gasteiger partial charge in [0.15, 0.2) is 5.60 Å². The van der Waals surface area contributed by atoms with Crippen LogP contribution in [-0.4, -0.2) is 116 Å². The number of carbonyl (C=O) groups excluding carboxylic acids is 4. The third-order valence-corrected chi connectivity index (χ3v) is 15.2. The van der Waals surface area contributed by atoms with Crippen molar-refractivity contribution in [2.24, 2.45) is 17.8 Å². The molecule has 1 saturated heterocycles. The molecule has 0 radical (unpaired) electrons. The summed E-state index contributed by atoms with van der Waals surface area (Å²) < 4.78 is 87.0. The first kappa shape index (κ1) is 46.7. The number of halogens is 3. The predicted molar refractivity (Wildman–Crippen MR) is 225 cm³/mol. The van der Waals surface area contributed by atoms with Gasteiger partial charge >= 0.3 is 6.09 Å². The van der Waals surface area contributed by atoms with E-state index in [4.69, 9.17) is 19.2 Å². The number of nitrogens with zero attached hydrogens (tertiary/aromatic N) is 3. The number of sulfonamides is 1. The molecule has 1 aromatic carbocycles. The van der Waals surface area contributed by atoms with Gasteiger partial charge in [-0.1, -0.05) is 26.0 Å². The summed E-state index contributed by atoms with van der Waals surface area (Å²) in [6.07, 6.45) is 3.03. The number of hydrogen-bond acceptors (Lipinski definition) is 11. The molecule has 2 saturated carbocycles. The molecule has 3 fully saturated rings. The first-order valence-electron chi connectivity index (χ1n) is 21.2. The molecule has 2 aromatic rings. The van der Waals surface area contributed by atoms with Crippen LogP contribution in [0.15, 0.2) is 36.4 Å². The molecule has 4 amide bonds. The Morgan fingerprint density at radius 3 is 2.45 bits per heavy atom. The third-order valence-electron chi connectivity index (χ3n) is 13.1. The van der Waals surface area contributed by atoms with Crippen molar-refractivity contribution < 1.29 is 55.0 Å². The van der Waals surface area contributed by atoms with E-state index in [2.05, 4.69) is 15.4 Å². The topological polar surface area (TPSA) is 186 Å². The fraction of sp³-hybridized carbons (Fsp3) is 0.651. The van der Waals surface area contributed by atoms with E-state index >= 15 is 0 Å². The number of aromatic nitrogens is 1. The molecule has 62 heavy (non-hydrogen) atoms. The van der Waals surface area contributed by atoms with Crippen molar-refractivity contribution in [2.45, 2.75) is 126 Å². The normalized spacial score (nSPS) is 28.3. The molecule has 15 nitrogen and oxygen atoms in total. The van der Waals surface area contributed by atoms with E-state index < -0.39 is 92.3 Å². The van der Waals surface area contributed by atoms with Crippen LogP contribution in [0.2, 0.25) is 0 Å². The molecule has 1 aromatic heterocycles. The Kier molecular flexibility index (Phi) is 13.1. The predicted octanol–water partition coefficient (Wildman–Crippen LogP) is 5.41. The number of alkyl carbamates (subject to hydrolysis) is 1. The molecule has 2 aliphatic heterocycles. The Morgan fingerprint density at radius 1 is 1.11 bits per heavy atom. The largest absolute Gasteiger partial charge is 0.497 e. The number of ether oxygens (including phenoxy) is 3. The highest BCUT2D eigenvalue weighted by Crippen LogP contribution is 2.48. The lowest BCUT2D eigenvalue weighted by atomic mass is 9.88. The molecule has 19 heteroatoms. The first-order chi connectivity index (χ1) is 29.0. The molecule has 342 valence electrons. The van der Waals surface area contributed by atoms with Crippen molar-refractivity contribution in [3.05, 3.63) is 36.4 Å². The highest BCUT2D eigenvalue weighted by molar-refractivity contribution is 7.91. The minimum Gasteiger partial charge on any atom is -0.497 e. The zero-order valence-electron chi connectivity index (χ0n) is 36.6. The quantitative estimate of drug-likeness (QED) is 0.232. The van der Waals surface area contributed by atoms with E-state index in [9.17, 15) is 40.8 Å². The van der Waals surface area contributed by atoms with Crippen LogP contribution in [0.25, 0.3) is 10.8 Å². The fourth-order valence-corrected chi connectivity index (χ4v) is 9.58. The van der Waals surface area contributed by atoms with E-state index in [0.717, 1.165) is 19.2 Å². The summed E-state index contributed by atoms with van der Waals surface area (Å²) in [7, 11) is -1.05. The van der Waals surface area contributed by atoms with E-state index in [1.165, 1.54) is 4.90 Å². The zero-order valence-corrected chi connectivity index (χ0v) is 37.4. The van der Waals surface area contributed by atoms with Gasteiger partial charge in [-0.2, -0.15) is 4.98 Å². The highest BCUT2D eigenvalue weighted by atomic mass is 32.2. The van der Waals surface area contributed by atoms with Crippen LogP contribution in [0.1, 0.15) is 86.5 Å². The van der Waals surface area contributed by atoms with Crippen LogP contribution < -0.4 is 29.7 Å². The van der Waals surface area contributed by atoms with Gasteiger partial charge in [-0.05, 0) is 101 Å². The van der Waals surface area contributed by atoms with Gasteiger partial charge in [-0.25, -0.2) is 26.4 Å². The molecule has 2 aliphatic carbocycles. The van der Waals surface area contributed by atoms with Crippen molar-refractivity contribution in [3.8, 4) is 11.6 Å². The van der Waals surface area contributed by atoms with Crippen molar-refractivity contribution in [3.63, 3.8) is 0 Å². The second-order valence-electron chi connectivity index (χ2n) is 18.1. The van der Waals surface area contributed by atoms with Gasteiger partial charge in [0.1, 0.15) is 46.7 Å². The van der Waals surface area contributed by atoms with Crippen LogP contribution >= 0.6 is 0 Å². The first-order valence-corrected chi connectivity index (χ1v) is 22.6. The van der Waals surface area contributed by atoms with Gasteiger partial charge in [0.2, 0.25) is 27.7 Å². The van der Waals surface area contributed by atoms with Crippen LogP contribution in [0, 0.1) is 17.8 Å². The maximum absolute atomic E-state index is 15.0. The number of amides is 4. The van der Waals surface area contributed by atoms with Gasteiger partial charge in [-0.3, -0.25) is 19.1 Å². The van der Waals surface area contributed by atoms with E-state index in [1.807, 2.05) is 44.0 Å². The third kappa shape index (κ3) is 9.42. The Labute approximate surface area is 360 Å². The summed E-state index contributed by atoms with van der Waals surface area (Å²) in [4.78, 5) is 65.0. The summed E-state index contributed by atoms with van der Waals surface area (Å²) in [6.45, 7) is 7.62. The second-order valence-corrected chi connectivity index (χ2v) is 20.2. The fourth-order valence-electron chi connectivity index (χ4n) is 8.15. The van der Waals surface area contributed by atoms with Gasteiger partial charge in [0.05, 0.1) is 13.7 Å². The monoisotopic (exact) mass is 892 g/mol. The number of hydrogen-bond donors (Lipinski definition) is 3. The van der Waals surface area contributed by atoms with Crippen molar-refractivity contribution >= 4 is 50.4 Å². The SMILES string of the molecule is CCN(C)c1cc2cc(OC)ccc2c(O[C@@H]2C[C@H]3C(=O)N[C@]4(C(=O)NS(=O)(=O)C5(CF)CC5)C[C@H]4/C=C\CC[C@@H](C)C[C@@H](C)[C@H](NC(=O)OC(C)(C)C(C)(F)F)C(=O)N3C2)n1. The maximum atomic E-state index is 15.0. The lowest BCUT2D eigenvalue weighted by molar-refractivity contribution is -0.152. The van der Waals surface area contributed by atoms with Crippen LogP contribution in [0.4, 0.5) is 23.8 Å². The maximum Gasteiger partial charge on any atom is 0.408 e. The average molecular weight is 893 g/mol. The summed E-state index contributed by atoms with van der Waals surface area (Å²) in [5.41, 5.74) is -3.99. The number of carbonyl (C=O) groups is 4.